The van der Waals surface area contributed by atoms with Gasteiger partial charge in [0.25, 0.3) is 0 Å². The quantitative estimate of drug-likeness (QED) is 0.708. The third kappa shape index (κ3) is 4.90. The topological polar surface area (TPSA) is 83.8 Å². The van der Waals surface area contributed by atoms with Crippen LogP contribution in [0.3, 0.4) is 0 Å². The van der Waals surface area contributed by atoms with Crippen LogP contribution in [-0.4, -0.2) is 34.8 Å². The smallest absolute Gasteiger partial charge is 0.311 e. The number of rotatable bonds is 8. The van der Waals surface area contributed by atoms with Gasteiger partial charge in [-0.15, -0.1) is 0 Å². The lowest BCUT2D eigenvalue weighted by Crippen LogP contribution is -2.39. The van der Waals surface area contributed by atoms with E-state index in [1.54, 1.807) is 6.92 Å². The number of hydrogen-bond donors (Lipinski definition) is 2. The lowest BCUT2D eigenvalue weighted by molar-refractivity contribution is -0.156. The summed E-state index contributed by atoms with van der Waals surface area (Å²) in [5, 5.41) is 9.55. The highest BCUT2D eigenvalue weighted by Crippen LogP contribution is 2.46. The molecule has 6 heteroatoms. The Kier molecular flexibility index (Phi) is 6.01. The van der Waals surface area contributed by atoms with Crippen molar-refractivity contribution in [3.05, 3.63) is 35.9 Å². The summed E-state index contributed by atoms with van der Waals surface area (Å²) >= 11 is 0. The van der Waals surface area contributed by atoms with Crippen molar-refractivity contribution in [1.82, 2.24) is 0 Å². The van der Waals surface area contributed by atoms with Crippen LogP contribution in [-0.2, 0) is 20.3 Å². The first-order chi connectivity index (χ1) is 10.8. The molecule has 128 valence electrons. The number of carboxylic acid groups (broad SMARTS) is 1. The highest BCUT2D eigenvalue weighted by molar-refractivity contribution is 7.57. The predicted molar refractivity (Wildman–Crippen MR) is 88.8 cm³/mol. The predicted octanol–water partition coefficient (Wildman–Crippen LogP) is 3.51. The molecule has 2 rings (SSSR count). The van der Waals surface area contributed by atoms with Crippen LogP contribution in [0, 0.1) is 5.41 Å². The minimum atomic E-state index is -3.30. The second-order valence-electron chi connectivity index (χ2n) is 6.54. The van der Waals surface area contributed by atoms with Crippen molar-refractivity contribution < 1.29 is 24.1 Å². The maximum atomic E-state index is 12.3. The zero-order valence-electron chi connectivity index (χ0n) is 13.5. The van der Waals surface area contributed by atoms with Crippen molar-refractivity contribution in [3.8, 4) is 0 Å². The van der Waals surface area contributed by atoms with Crippen molar-refractivity contribution in [1.29, 1.82) is 0 Å². The highest BCUT2D eigenvalue weighted by Gasteiger charge is 2.43. The van der Waals surface area contributed by atoms with Gasteiger partial charge >= 0.3 is 5.97 Å². The number of hydrogen-bond acceptors (Lipinski definition) is 3. The molecule has 23 heavy (non-hydrogen) atoms. The van der Waals surface area contributed by atoms with E-state index in [-0.39, 0.29) is 18.4 Å². The van der Waals surface area contributed by atoms with Crippen LogP contribution in [0.25, 0.3) is 0 Å². The summed E-state index contributed by atoms with van der Waals surface area (Å²) in [7, 11) is -3.30. The summed E-state index contributed by atoms with van der Waals surface area (Å²) in [5.74, 6) is -0.889. The molecule has 3 atom stereocenters. The summed E-state index contributed by atoms with van der Waals surface area (Å²) in [4.78, 5) is 21.8. The third-order valence-electron chi connectivity index (χ3n) is 4.60. The van der Waals surface area contributed by atoms with E-state index in [4.69, 9.17) is 4.74 Å². The number of benzene rings is 1. The molecule has 3 unspecified atom stereocenters. The van der Waals surface area contributed by atoms with Crippen LogP contribution in [0.1, 0.15) is 38.2 Å². The van der Waals surface area contributed by atoms with E-state index in [1.165, 1.54) is 0 Å². The zero-order chi connectivity index (χ0) is 16.9. The molecule has 1 aliphatic rings. The Hall–Kier alpha value is -1.16. The molecule has 2 N–H and O–H groups in total. The molecule has 1 aromatic carbocycles. The SMILES string of the molecule is CC(CCCP(=O)(O)Cc1ccccc1)(C(=O)O)C1CCCO1. The molecule has 1 heterocycles. The average Bonchev–Trinajstić information content (AvgIpc) is 3.02. The molecule has 1 saturated heterocycles. The van der Waals surface area contributed by atoms with Gasteiger partial charge in [0.2, 0.25) is 7.37 Å². The van der Waals surface area contributed by atoms with Gasteiger partial charge in [0, 0.05) is 18.9 Å². The molecule has 0 saturated carbocycles. The van der Waals surface area contributed by atoms with E-state index in [0.717, 1.165) is 18.4 Å². The molecule has 1 aromatic rings. The summed E-state index contributed by atoms with van der Waals surface area (Å²) in [6.07, 6.45) is 2.35. The minimum absolute atomic E-state index is 0.136. The van der Waals surface area contributed by atoms with E-state index in [9.17, 15) is 19.4 Å². The third-order valence-corrected chi connectivity index (χ3v) is 6.48. The number of aliphatic carboxylic acids is 1. The molecule has 0 aliphatic carbocycles. The molecule has 5 nitrogen and oxygen atoms in total. The van der Waals surface area contributed by atoms with Gasteiger partial charge in [0.1, 0.15) is 0 Å². The Balaban J connectivity index is 1.91. The van der Waals surface area contributed by atoms with E-state index in [0.29, 0.717) is 19.4 Å². The van der Waals surface area contributed by atoms with Crippen molar-refractivity contribution in [2.24, 2.45) is 5.41 Å². The maximum Gasteiger partial charge on any atom is 0.311 e. The summed E-state index contributed by atoms with van der Waals surface area (Å²) in [6, 6.07) is 9.21. The standard InChI is InChI=1S/C17H25O5P/c1-17(16(18)19,15-9-5-11-22-15)10-6-12-23(20,21)13-14-7-3-2-4-8-14/h2-4,7-8,15H,5-6,9-13H2,1H3,(H,18,19)(H,20,21). The molecule has 1 fully saturated rings. The first-order valence-electron chi connectivity index (χ1n) is 8.03. The molecule has 0 bridgehead atoms. The number of carboxylic acids is 1. The van der Waals surface area contributed by atoms with Crippen molar-refractivity contribution in [2.75, 3.05) is 12.8 Å². The maximum absolute atomic E-state index is 12.3. The first-order valence-corrected chi connectivity index (χ1v) is 10.1. The Morgan fingerprint density at radius 1 is 1.39 bits per heavy atom. The minimum Gasteiger partial charge on any atom is -0.481 e. The van der Waals surface area contributed by atoms with Gasteiger partial charge in [-0.25, -0.2) is 0 Å². The van der Waals surface area contributed by atoms with Gasteiger partial charge < -0.3 is 14.7 Å². The van der Waals surface area contributed by atoms with Crippen LogP contribution < -0.4 is 0 Å². The molecule has 0 aromatic heterocycles. The van der Waals surface area contributed by atoms with Crippen LogP contribution in [0.15, 0.2) is 30.3 Å². The van der Waals surface area contributed by atoms with E-state index >= 15 is 0 Å². The second-order valence-corrected chi connectivity index (χ2v) is 9.00. The summed E-state index contributed by atoms with van der Waals surface area (Å²) in [6.45, 7) is 2.28. The number of carbonyl (C=O) groups is 1. The molecule has 0 amide bonds. The van der Waals surface area contributed by atoms with Gasteiger partial charge in [0.15, 0.2) is 0 Å². The van der Waals surface area contributed by atoms with E-state index < -0.39 is 18.8 Å². The van der Waals surface area contributed by atoms with Crippen molar-refractivity contribution >= 4 is 13.3 Å². The van der Waals surface area contributed by atoms with Gasteiger partial charge in [-0.05, 0) is 38.2 Å². The molecule has 0 radical (unpaired) electrons. The Labute approximate surface area is 137 Å². The zero-order valence-corrected chi connectivity index (χ0v) is 14.4. The Morgan fingerprint density at radius 2 is 2.09 bits per heavy atom. The van der Waals surface area contributed by atoms with Crippen LogP contribution >= 0.6 is 7.37 Å². The van der Waals surface area contributed by atoms with Crippen molar-refractivity contribution in [2.45, 2.75) is 44.9 Å². The van der Waals surface area contributed by atoms with Gasteiger partial charge in [-0.1, -0.05) is 30.3 Å². The average molecular weight is 340 g/mol. The van der Waals surface area contributed by atoms with Crippen LogP contribution in [0.5, 0.6) is 0 Å². The summed E-state index contributed by atoms with van der Waals surface area (Å²) < 4.78 is 17.9. The molecule has 0 spiro atoms. The normalized spacial score (nSPS) is 23.1. The lowest BCUT2D eigenvalue weighted by atomic mass is 9.79. The largest absolute Gasteiger partial charge is 0.481 e. The van der Waals surface area contributed by atoms with Crippen LogP contribution in [0.4, 0.5) is 0 Å². The van der Waals surface area contributed by atoms with Crippen molar-refractivity contribution in [3.63, 3.8) is 0 Å². The lowest BCUT2D eigenvalue weighted by Gasteiger charge is -2.30. The molecular weight excluding hydrogens is 315 g/mol. The van der Waals surface area contributed by atoms with Gasteiger partial charge in [-0.3, -0.25) is 9.36 Å². The van der Waals surface area contributed by atoms with Gasteiger partial charge in [0.05, 0.1) is 11.5 Å². The highest BCUT2D eigenvalue weighted by atomic mass is 31.2. The first kappa shape index (κ1) is 18.2. The molecule has 1 aliphatic heterocycles. The molecular formula is C17H25O5P. The van der Waals surface area contributed by atoms with E-state index in [2.05, 4.69) is 0 Å². The Morgan fingerprint density at radius 3 is 2.65 bits per heavy atom. The monoisotopic (exact) mass is 340 g/mol. The van der Waals surface area contributed by atoms with Gasteiger partial charge in [-0.2, -0.15) is 0 Å². The second kappa shape index (κ2) is 7.61. The Bertz CT molecular complexity index is 568. The fourth-order valence-electron chi connectivity index (χ4n) is 3.13. The number of ether oxygens (including phenoxy) is 1. The fraction of sp³-hybridized carbons (Fsp3) is 0.588. The fourth-order valence-corrected chi connectivity index (χ4v) is 4.72. The van der Waals surface area contributed by atoms with Crippen LogP contribution in [0.2, 0.25) is 0 Å². The summed E-state index contributed by atoms with van der Waals surface area (Å²) in [5.41, 5.74) is -0.151. The van der Waals surface area contributed by atoms with E-state index in [1.807, 2.05) is 30.3 Å².